The number of aliphatic hydroxyl groups is 1. The molecule has 10 nitrogen and oxygen atoms in total. The number of carbonyl (C=O) groups excluding carboxylic acids is 1. The van der Waals surface area contributed by atoms with Crippen molar-refractivity contribution in [2.75, 3.05) is 45.2 Å². The third-order valence-corrected chi connectivity index (χ3v) is 9.93. The lowest BCUT2D eigenvalue weighted by Gasteiger charge is -2.36. The first-order chi connectivity index (χ1) is 22.9. The summed E-state index contributed by atoms with van der Waals surface area (Å²) < 4.78 is 60.2. The summed E-state index contributed by atoms with van der Waals surface area (Å²) in [4.78, 5) is 18.0. The minimum absolute atomic E-state index is 0.118. The van der Waals surface area contributed by atoms with E-state index in [1.54, 1.807) is 25.0 Å². The van der Waals surface area contributed by atoms with E-state index < -0.39 is 27.8 Å². The molecule has 4 rings (SSSR count). The second-order valence-electron chi connectivity index (χ2n) is 12.6. The Balaban J connectivity index is 1.62. The smallest absolute Gasteiger partial charge is 0.261 e. The number of likely N-dealkylation sites (N-methyl/N-ethyl adjacent to an activating group) is 1. The van der Waals surface area contributed by atoms with Crippen molar-refractivity contribution in [3.8, 4) is 11.5 Å². The van der Waals surface area contributed by atoms with E-state index in [-0.39, 0.29) is 47.4 Å². The van der Waals surface area contributed by atoms with Gasteiger partial charge in [-0.15, -0.1) is 0 Å². The molecule has 12 heteroatoms. The van der Waals surface area contributed by atoms with Crippen molar-refractivity contribution in [3.63, 3.8) is 0 Å². The van der Waals surface area contributed by atoms with E-state index in [1.165, 1.54) is 24.3 Å². The molecule has 262 valence electrons. The van der Waals surface area contributed by atoms with Crippen molar-refractivity contribution >= 4 is 21.6 Å². The van der Waals surface area contributed by atoms with Crippen molar-refractivity contribution in [1.29, 1.82) is 0 Å². The molecule has 0 saturated carbocycles. The third kappa shape index (κ3) is 10.1. The lowest BCUT2D eigenvalue weighted by molar-refractivity contribution is -0.0177. The summed E-state index contributed by atoms with van der Waals surface area (Å²) in [5.74, 6) is 0.0411. The number of ether oxygens (including phenoxy) is 3. The van der Waals surface area contributed by atoms with Crippen LogP contribution < -0.4 is 14.2 Å². The van der Waals surface area contributed by atoms with Crippen LogP contribution in [0.1, 0.15) is 56.0 Å². The van der Waals surface area contributed by atoms with E-state index in [1.807, 2.05) is 45.2 Å². The molecule has 1 aliphatic heterocycles. The number of fused-ring (bicyclic) bond motifs is 1. The van der Waals surface area contributed by atoms with Crippen molar-refractivity contribution < 1.29 is 36.9 Å². The topological polar surface area (TPSA) is 118 Å². The summed E-state index contributed by atoms with van der Waals surface area (Å²) in [5, 5.41) is 10.2. The third-order valence-electron chi connectivity index (χ3n) is 8.53. The summed E-state index contributed by atoms with van der Waals surface area (Å²) in [7, 11) is -0.395. The van der Waals surface area contributed by atoms with Crippen LogP contribution >= 0.6 is 0 Å². The molecule has 0 unspecified atom stereocenters. The van der Waals surface area contributed by atoms with Crippen molar-refractivity contribution in [3.05, 3.63) is 83.7 Å². The Bertz CT molecular complexity index is 1590. The van der Waals surface area contributed by atoms with Gasteiger partial charge in [0.1, 0.15) is 17.3 Å². The van der Waals surface area contributed by atoms with Crippen LogP contribution in [0, 0.1) is 11.7 Å². The Kier molecular flexibility index (Phi) is 13.2. The van der Waals surface area contributed by atoms with Gasteiger partial charge in [0.2, 0.25) is 0 Å². The Labute approximate surface area is 283 Å². The predicted molar refractivity (Wildman–Crippen MR) is 183 cm³/mol. The van der Waals surface area contributed by atoms with Crippen LogP contribution in [-0.2, 0) is 21.3 Å². The molecule has 1 amide bonds. The molecule has 0 aromatic heterocycles. The fraction of sp³-hybridized carbons (Fsp3) is 0.472. The number of anilines is 1. The van der Waals surface area contributed by atoms with E-state index in [4.69, 9.17) is 14.2 Å². The average molecular weight is 686 g/mol. The number of methoxy groups -OCH3 is 1. The van der Waals surface area contributed by atoms with E-state index in [2.05, 4.69) is 9.62 Å². The lowest BCUT2D eigenvalue weighted by Crippen LogP contribution is -2.47. The molecule has 4 atom stereocenters. The Morgan fingerprint density at radius 3 is 2.46 bits per heavy atom. The number of hydrogen-bond acceptors (Lipinski definition) is 8. The Morgan fingerprint density at radius 2 is 1.79 bits per heavy atom. The summed E-state index contributed by atoms with van der Waals surface area (Å²) >= 11 is 0. The molecule has 0 fully saturated rings. The van der Waals surface area contributed by atoms with Crippen molar-refractivity contribution in [2.24, 2.45) is 5.92 Å². The first-order valence-corrected chi connectivity index (χ1v) is 17.8. The normalized spacial score (nSPS) is 20.4. The van der Waals surface area contributed by atoms with Gasteiger partial charge in [0.25, 0.3) is 15.9 Å². The molecular formula is C36H48FN3O7S. The molecule has 3 aromatic carbocycles. The quantitative estimate of drug-likeness (QED) is 0.285. The van der Waals surface area contributed by atoms with E-state index in [9.17, 15) is 22.7 Å². The van der Waals surface area contributed by atoms with Crippen LogP contribution in [-0.4, -0.2) is 87.9 Å². The molecule has 0 spiro atoms. The summed E-state index contributed by atoms with van der Waals surface area (Å²) in [6, 6.07) is 16.5. The molecule has 0 saturated heterocycles. The second kappa shape index (κ2) is 17.1. The highest BCUT2D eigenvalue weighted by Gasteiger charge is 2.30. The highest BCUT2D eigenvalue weighted by molar-refractivity contribution is 7.92. The van der Waals surface area contributed by atoms with Gasteiger partial charge >= 0.3 is 0 Å². The fourth-order valence-corrected chi connectivity index (χ4v) is 6.74. The van der Waals surface area contributed by atoms with Crippen molar-refractivity contribution in [2.45, 2.75) is 69.7 Å². The maximum atomic E-state index is 14.4. The molecule has 2 N–H and O–H groups in total. The first-order valence-electron chi connectivity index (χ1n) is 16.3. The van der Waals surface area contributed by atoms with Gasteiger partial charge in [0.05, 0.1) is 42.4 Å². The maximum Gasteiger partial charge on any atom is 0.261 e. The van der Waals surface area contributed by atoms with E-state index in [0.717, 1.165) is 42.7 Å². The standard InChI is InChI=1S/C36H48FN3O7S/c1-25-21-40(26(2)24-41)36(42)33-20-30(38-48(43,44)32-16-11-29(37)12-17-32)13-18-34(33)47-27(3)8-6-7-19-46-35(25)23-39(4)22-28-9-14-31(45-5)15-10-28/h9-18,20,25-27,35,38,41H,6-8,19,21-24H2,1-5H3/t25-,26+,27+,35-/m0/s1. The highest BCUT2D eigenvalue weighted by Crippen LogP contribution is 2.30. The number of benzene rings is 3. The van der Waals surface area contributed by atoms with Crippen LogP contribution in [0.3, 0.4) is 0 Å². The molecule has 0 radical (unpaired) electrons. The van der Waals surface area contributed by atoms with Crippen LogP contribution in [0.25, 0.3) is 0 Å². The number of nitrogens with one attached hydrogen (secondary N) is 1. The highest BCUT2D eigenvalue weighted by atomic mass is 32.2. The minimum Gasteiger partial charge on any atom is -0.497 e. The Morgan fingerprint density at radius 1 is 1.08 bits per heavy atom. The lowest BCUT2D eigenvalue weighted by atomic mass is 10.0. The van der Waals surface area contributed by atoms with Gasteiger partial charge in [-0.2, -0.15) is 0 Å². The van der Waals surface area contributed by atoms with Crippen LogP contribution in [0.2, 0.25) is 0 Å². The molecule has 0 bridgehead atoms. The molecule has 0 aliphatic carbocycles. The summed E-state index contributed by atoms with van der Waals surface area (Å²) in [5.41, 5.74) is 1.45. The number of hydrogen-bond donors (Lipinski definition) is 2. The van der Waals surface area contributed by atoms with Gasteiger partial charge in [-0.3, -0.25) is 14.4 Å². The average Bonchev–Trinajstić information content (AvgIpc) is 3.06. The van der Waals surface area contributed by atoms with Gasteiger partial charge in [-0.25, -0.2) is 12.8 Å². The van der Waals surface area contributed by atoms with Crippen LogP contribution in [0.5, 0.6) is 11.5 Å². The van der Waals surface area contributed by atoms with Gasteiger partial charge in [0.15, 0.2) is 0 Å². The first kappa shape index (κ1) is 37.1. The van der Waals surface area contributed by atoms with Gasteiger partial charge in [-0.1, -0.05) is 19.1 Å². The molecule has 1 aliphatic rings. The zero-order valence-electron chi connectivity index (χ0n) is 28.4. The number of nitrogens with zero attached hydrogens (tertiary/aromatic N) is 2. The number of rotatable bonds is 10. The zero-order valence-corrected chi connectivity index (χ0v) is 29.2. The summed E-state index contributed by atoms with van der Waals surface area (Å²) in [6.07, 6.45) is 1.99. The zero-order chi connectivity index (χ0) is 34.8. The Hall–Kier alpha value is -3.71. The van der Waals surface area contributed by atoms with Gasteiger partial charge in [-0.05, 0) is 100 Å². The van der Waals surface area contributed by atoms with E-state index in [0.29, 0.717) is 25.4 Å². The van der Waals surface area contributed by atoms with Gasteiger partial charge in [0, 0.05) is 37.8 Å². The van der Waals surface area contributed by atoms with E-state index >= 15 is 0 Å². The van der Waals surface area contributed by atoms with Crippen molar-refractivity contribution in [1.82, 2.24) is 9.80 Å². The van der Waals surface area contributed by atoms with Crippen LogP contribution in [0.15, 0.2) is 71.6 Å². The number of carbonyl (C=O) groups is 1. The predicted octanol–water partition coefficient (Wildman–Crippen LogP) is 5.56. The fourth-order valence-electron chi connectivity index (χ4n) is 5.69. The molecule has 48 heavy (non-hydrogen) atoms. The van der Waals surface area contributed by atoms with Gasteiger partial charge < -0.3 is 24.2 Å². The maximum absolute atomic E-state index is 14.4. The largest absolute Gasteiger partial charge is 0.497 e. The molecule has 3 aromatic rings. The number of halogens is 1. The second-order valence-corrected chi connectivity index (χ2v) is 14.3. The molecule has 1 heterocycles. The monoisotopic (exact) mass is 685 g/mol. The SMILES string of the molecule is COc1ccc(CN(C)C[C@@H]2OCCCC[C@@H](C)Oc3ccc(NS(=O)(=O)c4ccc(F)cc4)cc3C(=O)N([C@H](C)CO)C[C@@H]2C)cc1. The number of sulfonamides is 1. The van der Waals surface area contributed by atoms with Crippen LogP contribution in [0.4, 0.5) is 10.1 Å². The molecular weight excluding hydrogens is 637 g/mol. The minimum atomic E-state index is -4.07. The number of amides is 1. The number of aliphatic hydroxyl groups excluding tert-OH is 1. The summed E-state index contributed by atoms with van der Waals surface area (Å²) in [6.45, 7) is 7.62.